The molecule has 0 fully saturated rings. The van der Waals surface area contributed by atoms with Crippen molar-refractivity contribution in [2.24, 2.45) is 0 Å². The molecule has 140 valence electrons. The number of benzene rings is 2. The van der Waals surface area contributed by atoms with Gasteiger partial charge >= 0.3 is 0 Å². The molecule has 3 aromatic rings. The number of aliphatic hydroxyl groups is 1. The number of aromatic nitrogens is 1. The van der Waals surface area contributed by atoms with Crippen molar-refractivity contribution in [3.63, 3.8) is 0 Å². The fourth-order valence-electron chi connectivity index (χ4n) is 3.81. The van der Waals surface area contributed by atoms with Gasteiger partial charge in [-0.25, -0.2) is 0 Å². The monoisotopic (exact) mass is 362 g/mol. The summed E-state index contributed by atoms with van der Waals surface area (Å²) in [4.78, 5) is 4.51. The Kier molecular flexibility index (Phi) is 4.62. The van der Waals surface area contributed by atoms with Crippen molar-refractivity contribution in [1.82, 2.24) is 10.3 Å². The van der Waals surface area contributed by atoms with Gasteiger partial charge in [-0.05, 0) is 63.1 Å². The molecule has 0 bridgehead atoms. The number of aliphatic hydroxyl groups excluding tert-OH is 1. The fourth-order valence-corrected chi connectivity index (χ4v) is 3.81. The first-order valence-electron chi connectivity index (χ1n) is 9.49. The Morgan fingerprint density at radius 3 is 2.70 bits per heavy atom. The molecule has 0 saturated carbocycles. The molecule has 0 amide bonds. The minimum Gasteiger partial charge on any atom is -0.485 e. The van der Waals surface area contributed by atoms with E-state index in [1.165, 1.54) is 11.1 Å². The number of aryl methyl sites for hydroxylation is 1. The highest BCUT2D eigenvalue weighted by Gasteiger charge is 2.42. The van der Waals surface area contributed by atoms with Gasteiger partial charge in [0.05, 0.1) is 11.6 Å². The predicted octanol–water partition coefficient (Wildman–Crippen LogP) is 3.95. The first-order chi connectivity index (χ1) is 13.0. The topological polar surface area (TPSA) is 54.4 Å². The standard InChI is InChI=1S/C23H26N2O2/c1-15-9-11-24-19-13-18-20(14-17(15)19)27-23(2,3)22(26)21(18)25-12-10-16-7-5-4-6-8-16/h4-9,11,13-14,21-22,25-26H,10,12H2,1-3H3. The maximum atomic E-state index is 11.0. The van der Waals surface area contributed by atoms with Gasteiger partial charge in [0.1, 0.15) is 17.5 Å². The van der Waals surface area contributed by atoms with Crippen LogP contribution in [0.5, 0.6) is 5.75 Å². The van der Waals surface area contributed by atoms with E-state index in [9.17, 15) is 5.11 Å². The van der Waals surface area contributed by atoms with Crippen LogP contribution in [0.15, 0.2) is 54.7 Å². The molecular weight excluding hydrogens is 336 g/mol. The number of rotatable bonds is 4. The van der Waals surface area contributed by atoms with Crippen LogP contribution in [-0.2, 0) is 6.42 Å². The molecule has 2 aromatic carbocycles. The van der Waals surface area contributed by atoms with Gasteiger partial charge in [0.2, 0.25) is 0 Å². The predicted molar refractivity (Wildman–Crippen MR) is 108 cm³/mol. The van der Waals surface area contributed by atoms with Gasteiger partial charge in [-0.15, -0.1) is 0 Å². The van der Waals surface area contributed by atoms with Crippen LogP contribution in [0.1, 0.15) is 36.6 Å². The minimum absolute atomic E-state index is 0.195. The van der Waals surface area contributed by atoms with Crippen molar-refractivity contribution in [1.29, 1.82) is 0 Å². The Labute approximate surface area is 160 Å². The lowest BCUT2D eigenvalue weighted by atomic mass is 9.85. The minimum atomic E-state index is -0.665. The molecule has 27 heavy (non-hydrogen) atoms. The second-order valence-corrected chi connectivity index (χ2v) is 7.85. The van der Waals surface area contributed by atoms with Crippen LogP contribution in [0.4, 0.5) is 0 Å². The summed E-state index contributed by atoms with van der Waals surface area (Å²) in [6.45, 7) is 6.73. The molecule has 1 aliphatic rings. The average Bonchev–Trinajstić information content (AvgIpc) is 2.65. The zero-order valence-corrected chi connectivity index (χ0v) is 16.1. The van der Waals surface area contributed by atoms with Crippen LogP contribution in [0, 0.1) is 6.92 Å². The van der Waals surface area contributed by atoms with Crippen molar-refractivity contribution in [3.8, 4) is 5.75 Å². The first-order valence-corrected chi connectivity index (χ1v) is 9.49. The lowest BCUT2D eigenvalue weighted by Gasteiger charge is -2.42. The van der Waals surface area contributed by atoms with E-state index >= 15 is 0 Å². The zero-order valence-electron chi connectivity index (χ0n) is 16.1. The summed E-state index contributed by atoms with van der Waals surface area (Å²) in [5.74, 6) is 0.825. The smallest absolute Gasteiger partial charge is 0.131 e. The van der Waals surface area contributed by atoms with E-state index in [2.05, 4.69) is 53.6 Å². The summed E-state index contributed by atoms with van der Waals surface area (Å²) in [6.07, 6.45) is 2.08. The normalized spacial score (nSPS) is 20.9. The maximum Gasteiger partial charge on any atom is 0.131 e. The molecule has 0 spiro atoms. The van der Waals surface area contributed by atoms with Crippen LogP contribution in [-0.4, -0.2) is 28.3 Å². The summed E-state index contributed by atoms with van der Waals surface area (Å²) >= 11 is 0. The van der Waals surface area contributed by atoms with Gasteiger partial charge in [0.15, 0.2) is 0 Å². The van der Waals surface area contributed by atoms with Crippen LogP contribution in [0.25, 0.3) is 10.9 Å². The number of fused-ring (bicyclic) bond motifs is 2. The fraction of sp³-hybridized carbons (Fsp3) is 0.348. The van der Waals surface area contributed by atoms with Crippen LogP contribution in [0.2, 0.25) is 0 Å². The number of nitrogens with zero attached hydrogens (tertiary/aromatic N) is 1. The maximum absolute atomic E-state index is 11.0. The van der Waals surface area contributed by atoms with Gasteiger partial charge in [-0.1, -0.05) is 30.3 Å². The summed E-state index contributed by atoms with van der Waals surface area (Å²) in [5.41, 5.74) is 3.69. The quantitative estimate of drug-likeness (QED) is 0.738. The lowest BCUT2D eigenvalue weighted by molar-refractivity contribution is -0.0642. The van der Waals surface area contributed by atoms with Crippen molar-refractivity contribution in [3.05, 3.63) is 71.4 Å². The molecular formula is C23H26N2O2. The summed E-state index contributed by atoms with van der Waals surface area (Å²) in [7, 11) is 0. The molecule has 4 heteroatoms. The highest BCUT2D eigenvalue weighted by molar-refractivity contribution is 5.84. The van der Waals surface area contributed by atoms with Gasteiger partial charge in [0, 0.05) is 17.1 Å². The van der Waals surface area contributed by atoms with Gasteiger partial charge in [-0.2, -0.15) is 0 Å². The molecule has 0 aliphatic carbocycles. The van der Waals surface area contributed by atoms with Gasteiger partial charge in [0.25, 0.3) is 0 Å². The molecule has 0 radical (unpaired) electrons. The van der Waals surface area contributed by atoms with Gasteiger partial charge < -0.3 is 15.2 Å². The van der Waals surface area contributed by atoms with Crippen molar-refractivity contribution >= 4 is 10.9 Å². The lowest BCUT2D eigenvalue weighted by Crippen LogP contribution is -2.52. The SMILES string of the molecule is Cc1ccnc2cc3c(cc12)OC(C)(C)C(O)C3NCCc1ccccc1. The molecule has 4 nitrogen and oxygen atoms in total. The average molecular weight is 362 g/mol. The largest absolute Gasteiger partial charge is 0.485 e. The highest BCUT2D eigenvalue weighted by Crippen LogP contribution is 2.41. The molecule has 2 N–H and O–H groups in total. The Hall–Kier alpha value is -2.43. The zero-order chi connectivity index (χ0) is 19.0. The number of hydrogen-bond acceptors (Lipinski definition) is 4. The van der Waals surface area contributed by atoms with Crippen molar-refractivity contribution < 1.29 is 9.84 Å². The van der Waals surface area contributed by atoms with Crippen LogP contribution >= 0.6 is 0 Å². The van der Waals surface area contributed by atoms with Crippen LogP contribution in [0.3, 0.4) is 0 Å². The summed E-state index contributed by atoms with van der Waals surface area (Å²) < 4.78 is 6.17. The molecule has 2 atom stereocenters. The van der Waals surface area contributed by atoms with E-state index in [-0.39, 0.29) is 6.04 Å². The molecule has 4 rings (SSSR count). The molecule has 1 aliphatic heterocycles. The summed E-state index contributed by atoms with van der Waals surface area (Å²) in [5, 5.41) is 15.6. The van der Waals surface area contributed by atoms with E-state index < -0.39 is 11.7 Å². The van der Waals surface area contributed by atoms with E-state index in [4.69, 9.17) is 4.74 Å². The van der Waals surface area contributed by atoms with E-state index in [1.54, 1.807) is 0 Å². The van der Waals surface area contributed by atoms with E-state index in [1.807, 2.05) is 32.2 Å². The molecule has 0 saturated heterocycles. The Morgan fingerprint density at radius 1 is 1.15 bits per heavy atom. The van der Waals surface area contributed by atoms with E-state index in [0.717, 1.165) is 35.2 Å². The van der Waals surface area contributed by atoms with Crippen molar-refractivity contribution in [2.75, 3.05) is 6.54 Å². The number of hydrogen-bond donors (Lipinski definition) is 2. The Morgan fingerprint density at radius 2 is 1.93 bits per heavy atom. The molecule has 1 aromatic heterocycles. The molecule has 2 heterocycles. The number of pyridine rings is 1. The first kappa shape index (κ1) is 18.0. The second-order valence-electron chi connectivity index (χ2n) is 7.85. The van der Waals surface area contributed by atoms with E-state index in [0.29, 0.717) is 0 Å². The van der Waals surface area contributed by atoms with Crippen molar-refractivity contribution in [2.45, 2.75) is 44.9 Å². The highest BCUT2D eigenvalue weighted by atomic mass is 16.5. The summed E-state index contributed by atoms with van der Waals surface area (Å²) in [6, 6.07) is 16.3. The van der Waals surface area contributed by atoms with Gasteiger partial charge in [-0.3, -0.25) is 4.98 Å². The second kappa shape index (κ2) is 6.95. The number of nitrogens with one attached hydrogen (secondary N) is 1. The molecule has 2 unspecified atom stereocenters. The third-order valence-corrected chi connectivity index (χ3v) is 5.45. The number of ether oxygens (including phenoxy) is 1. The Bertz CT molecular complexity index is 953. The Balaban J connectivity index is 1.66. The third-order valence-electron chi connectivity index (χ3n) is 5.45. The van der Waals surface area contributed by atoms with Crippen LogP contribution < -0.4 is 10.1 Å². The third kappa shape index (κ3) is 3.43.